The molecule has 9 heteroatoms. The lowest BCUT2D eigenvalue weighted by Crippen LogP contribution is -2.38. The van der Waals surface area contributed by atoms with Crippen LogP contribution in [0.2, 0.25) is 0 Å². The van der Waals surface area contributed by atoms with E-state index in [1.165, 1.54) is 12.0 Å². The number of unbranched alkanes of at least 4 members (excludes halogenated alkanes) is 1. The van der Waals surface area contributed by atoms with Crippen LogP contribution in [0.5, 0.6) is 0 Å². The highest BCUT2D eigenvalue weighted by Gasteiger charge is 2.20. The number of carboxylic acids is 1. The number of aliphatic carboxylic acids is 1. The fourth-order valence-corrected chi connectivity index (χ4v) is 4.07. The maximum atomic E-state index is 11.8. The Morgan fingerprint density at radius 2 is 2.06 bits per heavy atom. The summed E-state index contributed by atoms with van der Waals surface area (Å²) in [6.45, 7) is 7.20. The van der Waals surface area contributed by atoms with Gasteiger partial charge in [-0.15, -0.1) is 0 Å². The summed E-state index contributed by atoms with van der Waals surface area (Å²) in [5, 5.41) is 16.0. The van der Waals surface area contributed by atoms with Crippen LogP contribution < -0.4 is 10.6 Å². The Bertz CT molecular complexity index is 908. The number of hydrogen-bond donors (Lipinski definition) is 3. The summed E-state index contributed by atoms with van der Waals surface area (Å²) >= 11 is 0. The van der Waals surface area contributed by atoms with Crippen LogP contribution in [-0.4, -0.2) is 76.4 Å². The van der Waals surface area contributed by atoms with Crippen LogP contribution in [0.15, 0.2) is 24.5 Å². The number of carbonyl (C=O) groups is 1. The average molecular weight is 471 g/mol. The molecule has 0 aromatic carbocycles. The van der Waals surface area contributed by atoms with E-state index >= 15 is 0 Å². The summed E-state index contributed by atoms with van der Waals surface area (Å²) < 4.78 is 5.46. The second-order valence-electron chi connectivity index (χ2n) is 9.05. The van der Waals surface area contributed by atoms with Gasteiger partial charge in [-0.3, -0.25) is 0 Å². The maximum absolute atomic E-state index is 11.8. The lowest BCUT2D eigenvalue weighted by molar-refractivity contribution is -0.138. The predicted molar refractivity (Wildman–Crippen MR) is 133 cm³/mol. The third-order valence-corrected chi connectivity index (χ3v) is 6.14. The molecule has 0 saturated carbocycles. The van der Waals surface area contributed by atoms with E-state index in [0.717, 1.165) is 62.4 Å². The molecule has 186 valence electrons. The Balaban J connectivity index is 1.49. The van der Waals surface area contributed by atoms with Crippen molar-refractivity contribution in [2.24, 2.45) is 0 Å². The third kappa shape index (κ3) is 8.22. The second kappa shape index (κ2) is 13.2. The molecule has 3 N–H and O–H groups in total. The van der Waals surface area contributed by atoms with E-state index in [2.05, 4.69) is 37.6 Å². The molecule has 1 aliphatic rings. The number of fused-ring (bicyclic) bond motifs is 1. The highest BCUT2D eigenvalue weighted by Crippen LogP contribution is 2.20. The predicted octanol–water partition coefficient (Wildman–Crippen LogP) is 3.15. The Morgan fingerprint density at radius 3 is 2.79 bits per heavy atom. The van der Waals surface area contributed by atoms with Gasteiger partial charge < -0.3 is 25.4 Å². The molecule has 3 heterocycles. The molecule has 1 unspecified atom stereocenters. The Morgan fingerprint density at radius 1 is 1.26 bits per heavy atom. The van der Waals surface area contributed by atoms with Gasteiger partial charge in [0.25, 0.3) is 0 Å². The molecular weight excluding hydrogens is 432 g/mol. The summed E-state index contributed by atoms with van der Waals surface area (Å²) in [6, 6.07) is 3.59. The number of ether oxygens (including phenoxy) is 1. The fourth-order valence-electron chi connectivity index (χ4n) is 4.07. The van der Waals surface area contributed by atoms with Gasteiger partial charge in [0.15, 0.2) is 0 Å². The summed E-state index contributed by atoms with van der Waals surface area (Å²) in [5.74, 6) is 0.474. The molecule has 34 heavy (non-hydrogen) atoms. The normalized spacial score (nSPS) is 14.8. The highest BCUT2D eigenvalue weighted by atomic mass is 16.5. The van der Waals surface area contributed by atoms with Crippen molar-refractivity contribution >= 4 is 17.7 Å². The van der Waals surface area contributed by atoms with Gasteiger partial charge in [-0.1, -0.05) is 6.07 Å². The minimum atomic E-state index is -0.906. The molecule has 0 saturated heterocycles. The molecule has 0 fully saturated rings. The number of aryl methyl sites for hydroxylation is 3. The van der Waals surface area contributed by atoms with Crippen molar-refractivity contribution in [1.29, 1.82) is 0 Å². The molecule has 2 aromatic heterocycles. The van der Waals surface area contributed by atoms with Gasteiger partial charge in [-0.05, 0) is 76.1 Å². The molecule has 0 radical (unpaired) electrons. The van der Waals surface area contributed by atoms with Crippen molar-refractivity contribution in [1.82, 2.24) is 19.9 Å². The van der Waals surface area contributed by atoms with E-state index < -0.39 is 12.0 Å². The van der Waals surface area contributed by atoms with E-state index in [-0.39, 0.29) is 6.10 Å². The zero-order valence-corrected chi connectivity index (χ0v) is 20.6. The van der Waals surface area contributed by atoms with Crippen molar-refractivity contribution in [2.75, 3.05) is 43.9 Å². The maximum Gasteiger partial charge on any atom is 0.326 e. The quantitative estimate of drug-likeness (QED) is 0.358. The number of anilines is 2. The van der Waals surface area contributed by atoms with Gasteiger partial charge in [0.1, 0.15) is 11.9 Å². The van der Waals surface area contributed by atoms with Gasteiger partial charge in [0, 0.05) is 44.8 Å². The first-order valence-electron chi connectivity index (χ1n) is 12.2. The standard InChI is InChI=1S/C25H38N6O3/c1-18-15-27-25(28-16-18)30-22(24(32)33)11-14-31(17-19(2)34-3)13-5-4-8-21-10-9-20-7-6-12-26-23(20)29-21/h9-10,15-16,19,22H,4-8,11-14,17H2,1-3H3,(H,26,29)(H,32,33)(H,27,28,30)/t19-,22?/m0/s1. The Kier molecular flexibility index (Phi) is 10.0. The van der Waals surface area contributed by atoms with Gasteiger partial charge in [-0.2, -0.15) is 0 Å². The minimum absolute atomic E-state index is 0.0741. The first-order chi connectivity index (χ1) is 16.4. The van der Waals surface area contributed by atoms with Crippen LogP contribution in [0, 0.1) is 6.92 Å². The second-order valence-corrected chi connectivity index (χ2v) is 9.05. The molecule has 0 amide bonds. The Labute approximate surface area is 202 Å². The lowest BCUT2D eigenvalue weighted by Gasteiger charge is -2.26. The van der Waals surface area contributed by atoms with Crippen LogP contribution in [-0.2, 0) is 22.4 Å². The highest BCUT2D eigenvalue weighted by molar-refractivity contribution is 5.76. The Hall–Kier alpha value is -2.78. The number of aromatic nitrogens is 3. The van der Waals surface area contributed by atoms with Crippen molar-refractivity contribution < 1.29 is 14.6 Å². The molecule has 2 aromatic rings. The number of methoxy groups -OCH3 is 1. The molecule has 0 bridgehead atoms. The summed E-state index contributed by atoms with van der Waals surface area (Å²) in [4.78, 5) is 27.2. The summed E-state index contributed by atoms with van der Waals surface area (Å²) in [5.41, 5.74) is 3.37. The van der Waals surface area contributed by atoms with E-state index in [1.54, 1.807) is 19.5 Å². The van der Waals surface area contributed by atoms with Crippen molar-refractivity contribution in [3.8, 4) is 0 Å². The average Bonchev–Trinajstić information content (AvgIpc) is 2.84. The number of rotatable bonds is 14. The zero-order valence-electron chi connectivity index (χ0n) is 20.6. The molecule has 3 rings (SSSR count). The molecule has 0 aliphatic carbocycles. The summed E-state index contributed by atoms with van der Waals surface area (Å²) in [7, 11) is 1.70. The van der Waals surface area contributed by atoms with Crippen molar-refractivity contribution in [3.05, 3.63) is 41.3 Å². The van der Waals surface area contributed by atoms with E-state index in [9.17, 15) is 9.90 Å². The first-order valence-corrected chi connectivity index (χ1v) is 12.2. The summed E-state index contributed by atoms with van der Waals surface area (Å²) in [6.07, 6.45) is 9.11. The van der Waals surface area contributed by atoms with Crippen LogP contribution in [0.25, 0.3) is 0 Å². The van der Waals surface area contributed by atoms with Gasteiger partial charge in [0.05, 0.1) is 6.10 Å². The van der Waals surface area contributed by atoms with Crippen LogP contribution in [0.1, 0.15) is 49.4 Å². The van der Waals surface area contributed by atoms with Gasteiger partial charge in [-0.25, -0.2) is 19.7 Å². The van der Waals surface area contributed by atoms with Gasteiger partial charge in [0.2, 0.25) is 5.95 Å². The number of nitrogens with one attached hydrogen (secondary N) is 2. The number of pyridine rings is 1. The van der Waals surface area contributed by atoms with Crippen LogP contribution >= 0.6 is 0 Å². The lowest BCUT2D eigenvalue weighted by atomic mass is 10.1. The number of carboxylic acid groups (broad SMARTS) is 1. The minimum Gasteiger partial charge on any atom is -0.480 e. The monoisotopic (exact) mass is 470 g/mol. The largest absolute Gasteiger partial charge is 0.480 e. The number of nitrogens with zero attached hydrogens (tertiary/aromatic N) is 4. The fraction of sp³-hybridized carbons (Fsp3) is 0.600. The van der Waals surface area contributed by atoms with Crippen LogP contribution in [0.4, 0.5) is 11.8 Å². The molecule has 1 aliphatic heterocycles. The molecule has 2 atom stereocenters. The topological polar surface area (TPSA) is 113 Å². The molecular formula is C25H38N6O3. The van der Waals surface area contributed by atoms with Crippen molar-refractivity contribution in [3.63, 3.8) is 0 Å². The first kappa shape index (κ1) is 25.8. The SMILES string of the molecule is CO[C@@H](C)CN(CCCCc1ccc2c(n1)NCCC2)CCC(Nc1ncc(C)cn1)C(=O)O. The van der Waals surface area contributed by atoms with E-state index in [4.69, 9.17) is 9.72 Å². The third-order valence-electron chi connectivity index (χ3n) is 6.14. The van der Waals surface area contributed by atoms with Gasteiger partial charge >= 0.3 is 5.97 Å². The van der Waals surface area contributed by atoms with E-state index in [1.807, 2.05) is 13.8 Å². The van der Waals surface area contributed by atoms with Crippen LogP contribution in [0.3, 0.4) is 0 Å². The van der Waals surface area contributed by atoms with E-state index in [0.29, 0.717) is 18.9 Å². The molecule has 0 spiro atoms. The number of hydrogen-bond acceptors (Lipinski definition) is 8. The molecule has 9 nitrogen and oxygen atoms in total. The zero-order chi connectivity index (χ0) is 24.3. The smallest absolute Gasteiger partial charge is 0.326 e. The van der Waals surface area contributed by atoms with Crippen molar-refractivity contribution in [2.45, 2.75) is 64.5 Å².